The Morgan fingerprint density at radius 1 is 1.05 bits per heavy atom. The SMILES string of the molecule is Cc1ccc(CNCCNS(=O)(=O)c2ccccc2)o1. The van der Waals surface area contributed by atoms with Gasteiger partial charge in [0.25, 0.3) is 0 Å². The average molecular weight is 294 g/mol. The molecule has 1 aromatic carbocycles. The van der Waals surface area contributed by atoms with Crippen LogP contribution in [0.1, 0.15) is 11.5 Å². The lowest BCUT2D eigenvalue weighted by atomic mass is 10.4. The first kappa shape index (κ1) is 14.8. The fourth-order valence-electron chi connectivity index (χ4n) is 1.75. The van der Waals surface area contributed by atoms with Gasteiger partial charge in [0.15, 0.2) is 0 Å². The number of furan rings is 1. The van der Waals surface area contributed by atoms with Crippen molar-refractivity contribution in [3.63, 3.8) is 0 Å². The van der Waals surface area contributed by atoms with E-state index in [9.17, 15) is 8.42 Å². The van der Waals surface area contributed by atoms with Gasteiger partial charge in [-0.2, -0.15) is 0 Å². The number of aryl methyl sites for hydroxylation is 1. The van der Waals surface area contributed by atoms with Crippen LogP contribution < -0.4 is 10.0 Å². The Morgan fingerprint density at radius 2 is 1.80 bits per heavy atom. The maximum absolute atomic E-state index is 11.9. The molecule has 108 valence electrons. The zero-order chi connectivity index (χ0) is 14.4. The van der Waals surface area contributed by atoms with Crippen LogP contribution in [-0.2, 0) is 16.6 Å². The highest BCUT2D eigenvalue weighted by Gasteiger charge is 2.11. The lowest BCUT2D eigenvalue weighted by Crippen LogP contribution is -2.31. The van der Waals surface area contributed by atoms with Crippen LogP contribution in [0.15, 0.2) is 51.8 Å². The summed E-state index contributed by atoms with van der Waals surface area (Å²) >= 11 is 0. The Labute approximate surface area is 119 Å². The first-order valence-electron chi connectivity index (χ1n) is 6.39. The molecule has 0 saturated carbocycles. The molecule has 0 fully saturated rings. The molecule has 2 aromatic rings. The monoisotopic (exact) mass is 294 g/mol. The highest BCUT2D eigenvalue weighted by Crippen LogP contribution is 2.06. The second kappa shape index (κ2) is 6.69. The Bertz CT molecular complexity index is 635. The highest BCUT2D eigenvalue weighted by molar-refractivity contribution is 7.89. The minimum absolute atomic E-state index is 0.279. The topological polar surface area (TPSA) is 71.3 Å². The second-order valence-electron chi connectivity index (χ2n) is 4.40. The average Bonchev–Trinajstić information content (AvgIpc) is 2.85. The van der Waals surface area contributed by atoms with Crippen molar-refractivity contribution in [1.29, 1.82) is 0 Å². The molecule has 0 aliphatic rings. The van der Waals surface area contributed by atoms with Gasteiger partial charge in [0.05, 0.1) is 11.4 Å². The molecule has 0 spiro atoms. The summed E-state index contributed by atoms with van der Waals surface area (Å²) in [6, 6.07) is 12.1. The maximum atomic E-state index is 11.9. The van der Waals surface area contributed by atoms with Crippen molar-refractivity contribution >= 4 is 10.0 Å². The van der Waals surface area contributed by atoms with E-state index in [1.165, 1.54) is 0 Å². The Morgan fingerprint density at radius 3 is 2.45 bits per heavy atom. The van der Waals surface area contributed by atoms with Crippen LogP contribution in [0.25, 0.3) is 0 Å². The highest BCUT2D eigenvalue weighted by atomic mass is 32.2. The van der Waals surface area contributed by atoms with E-state index in [1.807, 2.05) is 19.1 Å². The van der Waals surface area contributed by atoms with Crippen molar-refractivity contribution in [3.8, 4) is 0 Å². The minimum Gasteiger partial charge on any atom is -0.465 e. The molecule has 0 aliphatic carbocycles. The van der Waals surface area contributed by atoms with Crippen molar-refractivity contribution in [1.82, 2.24) is 10.0 Å². The third-order valence-corrected chi connectivity index (χ3v) is 4.22. The first-order chi connectivity index (χ1) is 9.58. The molecule has 1 aromatic heterocycles. The van der Waals surface area contributed by atoms with E-state index in [0.29, 0.717) is 19.6 Å². The van der Waals surface area contributed by atoms with E-state index in [-0.39, 0.29) is 4.90 Å². The van der Waals surface area contributed by atoms with Crippen LogP contribution in [-0.4, -0.2) is 21.5 Å². The van der Waals surface area contributed by atoms with E-state index in [4.69, 9.17) is 4.42 Å². The normalized spacial score (nSPS) is 11.7. The van der Waals surface area contributed by atoms with Crippen LogP contribution in [0.2, 0.25) is 0 Å². The van der Waals surface area contributed by atoms with Gasteiger partial charge in [-0.1, -0.05) is 18.2 Å². The van der Waals surface area contributed by atoms with E-state index >= 15 is 0 Å². The molecule has 5 nitrogen and oxygen atoms in total. The number of benzene rings is 1. The Kier molecular flexibility index (Phi) is 4.94. The van der Waals surface area contributed by atoms with Crippen LogP contribution in [0, 0.1) is 6.92 Å². The second-order valence-corrected chi connectivity index (χ2v) is 6.17. The Balaban J connectivity index is 1.73. The van der Waals surface area contributed by atoms with Crippen molar-refractivity contribution in [2.45, 2.75) is 18.4 Å². The van der Waals surface area contributed by atoms with Crippen LogP contribution in [0.4, 0.5) is 0 Å². The van der Waals surface area contributed by atoms with Crippen molar-refractivity contribution in [2.75, 3.05) is 13.1 Å². The molecule has 20 heavy (non-hydrogen) atoms. The van der Waals surface area contributed by atoms with E-state index in [1.54, 1.807) is 30.3 Å². The number of hydrogen-bond acceptors (Lipinski definition) is 4. The molecule has 0 amide bonds. The molecule has 2 N–H and O–H groups in total. The van der Waals surface area contributed by atoms with Gasteiger partial charge >= 0.3 is 0 Å². The third kappa shape index (κ3) is 4.19. The summed E-state index contributed by atoms with van der Waals surface area (Å²) in [5.74, 6) is 1.71. The fourth-order valence-corrected chi connectivity index (χ4v) is 2.80. The number of nitrogens with one attached hydrogen (secondary N) is 2. The van der Waals surface area contributed by atoms with E-state index < -0.39 is 10.0 Å². The molecular formula is C14H18N2O3S. The number of hydrogen-bond donors (Lipinski definition) is 2. The largest absolute Gasteiger partial charge is 0.465 e. The standard InChI is InChI=1S/C14H18N2O3S/c1-12-7-8-13(19-12)11-15-9-10-16-20(17,18)14-5-3-2-4-6-14/h2-8,15-16H,9-11H2,1H3. The van der Waals surface area contributed by atoms with E-state index in [0.717, 1.165) is 11.5 Å². The predicted molar refractivity (Wildman–Crippen MR) is 76.8 cm³/mol. The molecule has 0 radical (unpaired) electrons. The lowest BCUT2D eigenvalue weighted by Gasteiger charge is -2.07. The van der Waals surface area contributed by atoms with Gasteiger partial charge in [0, 0.05) is 13.1 Å². The summed E-state index contributed by atoms with van der Waals surface area (Å²) in [7, 11) is -3.41. The molecule has 0 aliphatic heterocycles. The first-order valence-corrected chi connectivity index (χ1v) is 7.87. The fraction of sp³-hybridized carbons (Fsp3) is 0.286. The van der Waals surface area contributed by atoms with Crippen LogP contribution >= 0.6 is 0 Å². The molecule has 1 heterocycles. The smallest absolute Gasteiger partial charge is 0.240 e. The molecule has 0 saturated heterocycles. The van der Waals surface area contributed by atoms with Gasteiger partial charge in [0.2, 0.25) is 10.0 Å². The summed E-state index contributed by atoms with van der Waals surface area (Å²) < 4.78 is 31.8. The van der Waals surface area contributed by atoms with Crippen LogP contribution in [0.3, 0.4) is 0 Å². The summed E-state index contributed by atoms with van der Waals surface area (Å²) in [6.45, 7) is 3.33. The van der Waals surface area contributed by atoms with Crippen molar-refractivity contribution in [3.05, 3.63) is 54.0 Å². The molecule has 0 bridgehead atoms. The molecule has 0 unspecified atom stereocenters. The zero-order valence-electron chi connectivity index (χ0n) is 11.3. The van der Waals surface area contributed by atoms with E-state index in [2.05, 4.69) is 10.0 Å². The van der Waals surface area contributed by atoms with Gasteiger partial charge in [-0.25, -0.2) is 13.1 Å². The minimum atomic E-state index is -3.41. The molecule has 6 heteroatoms. The third-order valence-electron chi connectivity index (χ3n) is 2.74. The van der Waals surface area contributed by atoms with Gasteiger partial charge in [-0.05, 0) is 31.2 Å². The summed E-state index contributed by atoms with van der Waals surface area (Å²) in [5, 5.41) is 3.12. The molecule has 0 atom stereocenters. The Hall–Kier alpha value is -1.63. The zero-order valence-corrected chi connectivity index (χ0v) is 12.1. The van der Waals surface area contributed by atoms with Crippen LogP contribution in [0.5, 0.6) is 0 Å². The summed E-state index contributed by atoms with van der Waals surface area (Å²) in [4.78, 5) is 0.279. The molecule has 2 rings (SSSR count). The maximum Gasteiger partial charge on any atom is 0.240 e. The number of rotatable bonds is 7. The summed E-state index contributed by atoms with van der Waals surface area (Å²) in [6.07, 6.45) is 0. The lowest BCUT2D eigenvalue weighted by molar-refractivity contribution is 0.462. The van der Waals surface area contributed by atoms with Gasteiger partial charge < -0.3 is 9.73 Å². The van der Waals surface area contributed by atoms with Gasteiger partial charge in [-0.3, -0.25) is 0 Å². The molecular weight excluding hydrogens is 276 g/mol. The van der Waals surface area contributed by atoms with Crippen molar-refractivity contribution < 1.29 is 12.8 Å². The predicted octanol–water partition coefficient (Wildman–Crippen LogP) is 1.66. The van der Waals surface area contributed by atoms with Gasteiger partial charge in [0.1, 0.15) is 11.5 Å². The summed E-state index contributed by atoms with van der Waals surface area (Å²) in [5.41, 5.74) is 0. The quantitative estimate of drug-likeness (QED) is 0.762. The van der Waals surface area contributed by atoms with Crippen molar-refractivity contribution in [2.24, 2.45) is 0 Å². The van der Waals surface area contributed by atoms with Gasteiger partial charge in [-0.15, -0.1) is 0 Å². The number of sulfonamides is 1.